The van der Waals surface area contributed by atoms with Gasteiger partial charge in [0.25, 0.3) is 5.91 Å². The molecule has 6 heteroatoms. The van der Waals surface area contributed by atoms with Crippen molar-refractivity contribution in [3.63, 3.8) is 0 Å². The highest BCUT2D eigenvalue weighted by atomic mass is 16.2. The van der Waals surface area contributed by atoms with Crippen molar-refractivity contribution in [3.8, 4) is 0 Å². The third kappa shape index (κ3) is 3.09. The molecule has 148 valence electrons. The summed E-state index contributed by atoms with van der Waals surface area (Å²) in [6, 6.07) is 16.2. The van der Waals surface area contributed by atoms with Crippen LogP contribution in [0.15, 0.2) is 48.5 Å². The largest absolute Gasteiger partial charge is 0.356 e. The molecule has 2 aromatic carbocycles. The van der Waals surface area contributed by atoms with Crippen molar-refractivity contribution in [2.75, 3.05) is 6.54 Å². The maximum atomic E-state index is 12.4. The summed E-state index contributed by atoms with van der Waals surface area (Å²) in [5.74, 6) is 0.588. The standard InChI is InChI=1S/C23H23N3O3/c27-20(10-9-19-22(28)26-23(29)25-19)24-12-13-11-18-14-5-1-3-7-16(14)21(13)17-8-4-2-6-15(17)18/h1-8,13,18-19,21H,9-12H2,(H,24,27)(H2,25,26,28,29)/t13-,18?,19-,21?/m1/s1. The normalized spacial score (nSPS) is 26.3. The smallest absolute Gasteiger partial charge is 0.322 e. The number of hydrogen-bond donors (Lipinski definition) is 3. The fraction of sp³-hybridized carbons (Fsp3) is 0.348. The van der Waals surface area contributed by atoms with Gasteiger partial charge in [0, 0.05) is 24.8 Å². The van der Waals surface area contributed by atoms with E-state index in [9.17, 15) is 14.4 Å². The van der Waals surface area contributed by atoms with Gasteiger partial charge in [0.1, 0.15) is 6.04 Å². The zero-order valence-electron chi connectivity index (χ0n) is 16.0. The molecule has 1 heterocycles. The Kier molecular flexibility index (Phi) is 4.34. The summed E-state index contributed by atoms with van der Waals surface area (Å²) in [5.41, 5.74) is 5.60. The van der Waals surface area contributed by atoms with E-state index in [4.69, 9.17) is 0 Å². The molecule has 0 radical (unpaired) electrons. The highest BCUT2D eigenvalue weighted by Gasteiger charge is 2.42. The predicted octanol–water partition coefficient (Wildman–Crippen LogP) is 2.39. The summed E-state index contributed by atoms with van der Waals surface area (Å²) < 4.78 is 0. The Morgan fingerprint density at radius 2 is 1.59 bits per heavy atom. The monoisotopic (exact) mass is 389 g/mol. The van der Waals surface area contributed by atoms with Crippen molar-refractivity contribution in [3.05, 3.63) is 70.8 Å². The van der Waals surface area contributed by atoms with Gasteiger partial charge in [0.2, 0.25) is 5.91 Å². The molecule has 2 aromatic rings. The van der Waals surface area contributed by atoms with E-state index in [0.717, 1.165) is 6.42 Å². The third-order valence-electron chi connectivity index (χ3n) is 6.50. The summed E-state index contributed by atoms with van der Waals surface area (Å²) in [6.07, 6.45) is 1.55. The van der Waals surface area contributed by atoms with E-state index in [1.54, 1.807) is 0 Å². The van der Waals surface area contributed by atoms with Gasteiger partial charge in [0.15, 0.2) is 0 Å². The van der Waals surface area contributed by atoms with Crippen LogP contribution in [0.3, 0.4) is 0 Å². The molecular weight excluding hydrogens is 366 g/mol. The van der Waals surface area contributed by atoms with Gasteiger partial charge in [-0.25, -0.2) is 4.79 Å². The average Bonchev–Trinajstić information content (AvgIpc) is 3.07. The van der Waals surface area contributed by atoms with Crippen LogP contribution < -0.4 is 16.0 Å². The fourth-order valence-corrected chi connectivity index (χ4v) is 5.23. The van der Waals surface area contributed by atoms with Crippen molar-refractivity contribution < 1.29 is 14.4 Å². The lowest BCUT2D eigenvalue weighted by Crippen LogP contribution is -2.39. The molecule has 0 saturated carbocycles. The first-order chi connectivity index (χ1) is 14.1. The molecule has 3 N–H and O–H groups in total. The molecule has 1 aliphatic heterocycles. The molecule has 4 aliphatic rings. The zero-order chi connectivity index (χ0) is 20.0. The average molecular weight is 389 g/mol. The van der Waals surface area contributed by atoms with Crippen molar-refractivity contribution in [2.24, 2.45) is 5.92 Å². The van der Waals surface area contributed by atoms with Crippen LogP contribution in [0.25, 0.3) is 0 Å². The van der Waals surface area contributed by atoms with Crippen LogP contribution in [0.4, 0.5) is 4.79 Å². The molecular formula is C23H23N3O3. The van der Waals surface area contributed by atoms with Gasteiger partial charge in [-0.2, -0.15) is 0 Å². The third-order valence-corrected chi connectivity index (χ3v) is 6.50. The van der Waals surface area contributed by atoms with Crippen LogP contribution in [-0.4, -0.2) is 30.4 Å². The molecule has 1 fully saturated rings. The number of carbonyl (C=O) groups excluding carboxylic acids is 3. The molecule has 0 spiro atoms. The van der Waals surface area contributed by atoms with E-state index >= 15 is 0 Å². The number of fused-ring (bicyclic) bond motifs is 1. The molecule has 0 aromatic heterocycles. The Morgan fingerprint density at radius 3 is 2.17 bits per heavy atom. The lowest BCUT2D eigenvalue weighted by molar-refractivity contribution is -0.122. The highest BCUT2D eigenvalue weighted by Crippen LogP contribution is 2.55. The highest BCUT2D eigenvalue weighted by molar-refractivity contribution is 6.04. The minimum atomic E-state index is -0.613. The van der Waals surface area contributed by atoms with Crippen LogP contribution in [0.1, 0.15) is 53.4 Å². The predicted molar refractivity (Wildman–Crippen MR) is 107 cm³/mol. The number of amides is 4. The van der Waals surface area contributed by atoms with Crippen molar-refractivity contribution in [1.29, 1.82) is 0 Å². The molecule has 1 saturated heterocycles. The molecule has 3 aliphatic carbocycles. The molecule has 2 atom stereocenters. The maximum absolute atomic E-state index is 12.4. The molecule has 6 nitrogen and oxygen atoms in total. The summed E-state index contributed by atoms with van der Waals surface area (Å²) in [5, 5.41) is 7.79. The number of rotatable bonds is 5. The van der Waals surface area contributed by atoms with Crippen LogP contribution >= 0.6 is 0 Å². The lowest BCUT2D eigenvalue weighted by Gasteiger charge is -2.45. The number of imide groups is 1. The van der Waals surface area contributed by atoms with E-state index in [1.165, 1.54) is 22.3 Å². The first-order valence-electron chi connectivity index (χ1n) is 10.2. The van der Waals surface area contributed by atoms with Crippen LogP contribution in [-0.2, 0) is 9.59 Å². The van der Waals surface area contributed by atoms with Crippen molar-refractivity contribution in [2.45, 2.75) is 37.1 Å². The van der Waals surface area contributed by atoms with E-state index in [1.807, 2.05) is 0 Å². The summed E-state index contributed by atoms with van der Waals surface area (Å²) in [6.45, 7) is 0.617. The number of carbonyl (C=O) groups is 3. The summed E-state index contributed by atoms with van der Waals surface area (Å²) >= 11 is 0. The molecule has 6 rings (SSSR count). The van der Waals surface area contributed by atoms with Gasteiger partial charge in [-0.1, -0.05) is 48.5 Å². The summed E-state index contributed by atoms with van der Waals surface area (Å²) in [7, 11) is 0. The zero-order valence-corrected chi connectivity index (χ0v) is 16.0. The lowest BCUT2D eigenvalue weighted by atomic mass is 9.59. The van der Waals surface area contributed by atoms with Crippen LogP contribution in [0, 0.1) is 5.92 Å². The van der Waals surface area contributed by atoms with E-state index in [-0.39, 0.29) is 18.2 Å². The second kappa shape index (κ2) is 7.03. The second-order valence-electron chi connectivity index (χ2n) is 8.14. The Morgan fingerprint density at radius 1 is 0.966 bits per heavy atom. The Hall–Kier alpha value is -3.15. The Labute approximate surface area is 169 Å². The SMILES string of the molecule is O=C(CC[C@H]1NC(=O)NC1=O)NC[C@H]1CC2c3ccccc3C1c1ccccc12. The first kappa shape index (κ1) is 17.9. The fourth-order valence-electron chi connectivity index (χ4n) is 5.23. The van der Waals surface area contributed by atoms with Gasteiger partial charge >= 0.3 is 6.03 Å². The van der Waals surface area contributed by atoms with Crippen molar-refractivity contribution in [1.82, 2.24) is 16.0 Å². The minimum absolute atomic E-state index is 0.0815. The van der Waals surface area contributed by atoms with E-state index < -0.39 is 12.1 Å². The first-order valence-corrected chi connectivity index (χ1v) is 10.2. The Balaban J connectivity index is 1.26. The van der Waals surface area contributed by atoms with Crippen LogP contribution in [0.2, 0.25) is 0 Å². The Bertz CT molecular complexity index is 955. The van der Waals surface area contributed by atoms with E-state index in [0.29, 0.717) is 30.7 Å². The molecule has 2 bridgehead atoms. The molecule has 29 heavy (non-hydrogen) atoms. The number of benzene rings is 2. The van der Waals surface area contributed by atoms with Crippen molar-refractivity contribution >= 4 is 17.8 Å². The quantitative estimate of drug-likeness (QED) is 0.686. The molecule has 4 amide bonds. The van der Waals surface area contributed by atoms with Crippen LogP contribution in [0.5, 0.6) is 0 Å². The minimum Gasteiger partial charge on any atom is -0.356 e. The van der Waals surface area contributed by atoms with Gasteiger partial charge in [-0.3, -0.25) is 14.9 Å². The number of hydrogen-bond acceptors (Lipinski definition) is 3. The maximum Gasteiger partial charge on any atom is 0.322 e. The van der Waals surface area contributed by atoms with Gasteiger partial charge < -0.3 is 10.6 Å². The topological polar surface area (TPSA) is 87.3 Å². The van der Waals surface area contributed by atoms with Gasteiger partial charge in [0.05, 0.1) is 0 Å². The number of urea groups is 1. The van der Waals surface area contributed by atoms with Gasteiger partial charge in [-0.15, -0.1) is 0 Å². The van der Waals surface area contributed by atoms with Gasteiger partial charge in [-0.05, 0) is 41.0 Å². The van der Waals surface area contributed by atoms with E-state index in [2.05, 4.69) is 64.5 Å². The summed E-state index contributed by atoms with van der Waals surface area (Å²) in [4.78, 5) is 35.1. The molecule has 0 unspecified atom stereocenters. The number of nitrogens with one attached hydrogen (secondary N) is 3. The second-order valence-corrected chi connectivity index (χ2v) is 8.14.